The summed E-state index contributed by atoms with van der Waals surface area (Å²) < 4.78 is 27.0. The second-order valence-corrected chi connectivity index (χ2v) is 6.68. The summed E-state index contributed by atoms with van der Waals surface area (Å²) in [4.78, 5) is 0.275. The normalized spacial score (nSPS) is 11.5. The summed E-state index contributed by atoms with van der Waals surface area (Å²) in [6, 6.07) is 14.2. The summed E-state index contributed by atoms with van der Waals surface area (Å²) in [7, 11) is -3.51. The topological polar surface area (TPSA) is 72.2 Å². The largest absolute Gasteiger partial charge is 0.398 e. The van der Waals surface area contributed by atoms with Gasteiger partial charge in [0.25, 0.3) is 0 Å². The summed E-state index contributed by atoms with van der Waals surface area (Å²) in [5.74, 6) is 0. The van der Waals surface area contributed by atoms with Crippen molar-refractivity contribution < 1.29 is 8.42 Å². The number of sulfonamides is 1. The smallest absolute Gasteiger partial charge is 0.240 e. The minimum absolute atomic E-state index is 0.186. The van der Waals surface area contributed by atoms with Crippen LogP contribution in [0.3, 0.4) is 0 Å². The molecular weight excluding hydrogens is 284 g/mol. The van der Waals surface area contributed by atoms with Gasteiger partial charge in [0, 0.05) is 12.2 Å². The molecule has 112 valence electrons. The molecule has 2 rings (SSSR count). The van der Waals surface area contributed by atoms with E-state index >= 15 is 0 Å². The van der Waals surface area contributed by atoms with Crippen molar-refractivity contribution in [2.45, 2.75) is 31.2 Å². The van der Waals surface area contributed by atoms with E-state index in [9.17, 15) is 8.42 Å². The van der Waals surface area contributed by atoms with Gasteiger partial charge in [-0.1, -0.05) is 43.7 Å². The molecule has 4 nitrogen and oxygen atoms in total. The third-order valence-electron chi connectivity index (χ3n) is 3.28. The SMILES string of the molecule is CCCc1ccc(S(=O)(=O)NCc2ccccc2N)cc1. The lowest BCUT2D eigenvalue weighted by Gasteiger charge is -2.09. The molecule has 21 heavy (non-hydrogen) atoms. The lowest BCUT2D eigenvalue weighted by atomic mass is 10.1. The summed E-state index contributed by atoms with van der Waals surface area (Å²) in [6.45, 7) is 2.28. The number of rotatable bonds is 6. The van der Waals surface area contributed by atoms with Gasteiger partial charge in [-0.25, -0.2) is 13.1 Å². The summed E-state index contributed by atoms with van der Waals surface area (Å²) in [6.07, 6.45) is 1.99. The van der Waals surface area contributed by atoms with Gasteiger partial charge in [0.1, 0.15) is 0 Å². The first kappa shape index (κ1) is 15.5. The van der Waals surface area contributed by atoms with Crippen LogP contribution in [0.2, 0.25) is 0 Å². The Morgan fingerprint density at radius 3 is 2.33 bits per heavy atom. The molecule has 0 fully saturated rings. The molecule has 0 aliphatic rings. The van der Waals surface area contributed by atoms with Gasteiger partial charge in [0.2, 0.25) is 10.0 Å². The van der Waals surface area contributed by atoms with E-state index in [1.165, 1.54) is 0 Å². The van der Waals surface area contributed by atoms with Crippen molar-refractivity contribution in [2.75, 3.05) is 5.73 Å². The van der Waals surface area contributed by atoms with Gasteiger partial charge >= 0.3 is 0 Å². The second-order valence-electron chi connectivity index (χ2n) is 4.92. The summed E-state index contributed by atoms with van der Waals surface area (Å²) in [5, 5.41) is 0. The number of anilines is 1. The van der Waals surface area contributed by atoms with Gasteiger partial charge in [-0.05, 0) is 35.7 Å². The lowest BCUT2D eigenvalue weighted by molar-refractivity contribution is 0.581. The fourth-order valence-corrected chi connectivity index (χ4v) is 3.08. The molecule has 2 aromatic carbocycles. The number of hydrogen-bond donors (Lipinski definition) is 2. The molecule has 0 heterocycles. The Morgan fingerprint density at radius 2 is 1.71 bits per heavy atom. The Morgan fingerprint density at radius 1 is 1.05 bits per heavy atom. The van der Waals surface area contributed by atoms with E-state index in [1.807, 2.05) is 30.3 Å². The molecule has 0 aromatic heterocycles. The maximum atomic E-state index is 12.2. The summed E-state index contributed by atoms with van der Waals surface area (Å²) in [5.41, 5.74) is 8.30. The van der Waals surface area contributed by atoms with Crippen LogP contribution in [-0.2, 0) is 23.0 Å². The highest BCUT2D eigenvalue weighted by atomic mass is 32.2. The molecule has 0 saturated heterocycles. The van der Waals surface area contributed by atoms with Gasteiger partial charge in [-0.3, -0.25) is 0 Å². The van der Waals surface area contributed by atoms with Gasteiger partial charge in [-0.2, -0.15) is 0 Å². The summed E-state index contributed by atoms with van der Waals surface area (Å²) >= 11 is 0. The van der Waals surface area contributed by atoms with E-state index in [2.05, 4.69) is 11.6 Å². The van der Waals surface area contributed by atoms with Crippen molar-refractivity contribution in [1.29, 1.82) is 0 Å². The van der Waals surface area contributed by atoms with Gasteiger partial charge < -0.3 is 5.73 Å². The maximum absolute atomic E-state index is 12.2. The molecule has 3 N–H and O–H groups in total. The average Bonchev–Trinajstić information content (AvgIpc) is 2.47. The van der Waals surface area contributed by atoms with Crippen LogP contribution < -0.4 is 10.5 Å². The molecule has 5 heteroatoms. The zero-order valence-corrected chi connectivity index (χ0v) is 12.9. The average molecular weight is 304 g/mol. The highest BCUT2D eigenvalue weighted by Gasteiger charge is 2.13. The Balaban J connectivity index is 2.09. The van der Waals surface area contributed by atoms with Crippen molar-refractivity contribution in [2.24, 2.45) is 0 Å². The fourth-order valence-electron chi connectivity index (χ4n) is 2.08. The van der Waals surface area contributed by atoms with E-state index in [-0.39, 0.29) is 11.4 Å². The lowest BCUT2D eigenvalue weighted by Crippen LogP contribution is -2.23. The van der Waals surface area contributed by atoms with Crippen LogP contribution in [0.25, 0.3) is 0 Å². The predicted octanol–water partition coefficient (Wildman–Crippen LogP) is 2.70. The number of nitrogens with one attached hydrogen (secondary N) is 1. The first-order valence-electron chi connectivity index (χ1n) is 6.95. The number of hydrogen-bond acceptors (Lipinski definition) is 3. The Kier molecular flexibility index (Phi) is 4.98. The highest BCUT2D eigenvalue weighted by molar-refractivity contribution is 7.89. The number of aryl methyl sites for hydroxylation is 1. The molecule has 0 saturated carbocycles. The first-order chi connectivity index (χ1) is 10.0. The first-order valence-corrected chi connectivity index (χ1v) is 8.43. The van der Waals surface area contributed by atoms with E-state index in [0.717, 1.165) is 24.0 Å². The molecule has 0 radical (unpaired) electrons. The predicted molar refractivity (Wildman–Crippen MR) is 85.3 cm³/mol. The number of nitrogen functional groups attached to an aromatic ring is 1. The minimum atomic E-state index is -3.51. The molecular formula is C16H20N2O2S. The second kappa shape index (κ2) is 6.74. The molecule has 0 aliphatic heterocycles. The van der Waals surface area contributed by atoms with Crippen LogP contribution >= 0.6 is 0 Å². The monoisotopic (exact) mass is 304 g/mol. The third kappa shape index (κ3) is 4.06. The number of benzene rings is 2. The van der Waals surface area contributed by atoms with E-state index in [1.54, 1.807) is 18.2 Å². The Hall–Kier alpha value is -1.85. The van der Waals surface area contributed by atoms with Crippen LogP contribution in [0.4, 0.5) is 5.69 Å². The van der Waals surface area contributed by atoms with Gasteiger partial charge in [0.15, 0.2) is 0 Å². The zero-order valence-electron chi connectivity index (χ0n) is 12.0. The minimum Gasteiger partial charge on any atom is -0.398 e. The molecule has 0 bridgehead atoms. The highest BCUT2D eigenvalue weighted by Crippen LogP contribution is 2.14. The van der Waals surface area contributed by atoms with Crippen molar-refractivity contribution in [3.8, 4) is 0 Å². The fraction of sp³-hybridized carbons (Fsp3) is 0.250. The quantitative estimate of drug-likeness (QED) is 0.806. The number of nitrogens with two attached hydrogens (primary N) is 1. The molecule has 0 unspecified atom stereocenters. The molecule has 0 aliphatic carbocycles. The molecule has 2 aromatic rings. The van der Waals surface area contributed by atoms with E-state index in [4.69, 9.17) is 5.73 Å². The number of para-hydroxylation sites is 1. The standard InChI is InChI=1S/C16H20N2O2S/c1-2-5-13-8-10-15(11-9-13)21(19,20)18-12-14-6-3-4-7-16(14)17/h3-4,6-11,18H,2,5,12,17H2,1H3. The van der Waals surface area contributed by atoms with Gasteiger partial charge in [-0.15, -0.1) is 0 Å². The van der Waals surface area contributed by atoms with Crippen LogP contribution in [0, 0.1) is 0 Å². The zero-order chi connectivity index (χ0) is 15.3. The van der Waals surface area contributed by atoms with Crippen molar-refractivity contribution in [3.63, 3.8) is 0 Å². The van der Waals surface area contributed by atoms with E-state index in [0.29, 0.717) is 5.69 Å². The van der Waals surface area contributed by atoms with Crippen LogP contribution in [0.15, 0.2) is 53.4 Å². The van der Waals surface area contributed by atoms with Crippen LogP contribution in [0.5, 0.6) is 0 Å². The maximum Gasteiger partial charge on any atom is 0.240 e. The molecule has 0 amide bonds. The van der Waals surface area contributed by atoms with Crippen molar-refractivity contribution >= 4 is 15.7 Å². The van der Waals surface area contributed by atoms with Crippen molar-refractivity contribution in [1.82, 2.24) is 4.72 Å². The molecule has 0 spiro atoms. The Bertz CT molecular complexity index is 694. The third-order valence-corrected chi connectivity index (χ3v) is 4.70. The molecule has 0 atom stereocenters. The van der Waals surface area contributed by atoms with Crippen LogP contribution in [0.1, 0.15) is 24.5 Å². The van der Waals surface area contributed by atoms with Gasteiger partial charge in [0.05, 0.1) is 4.90 Å². The van der Waals surface area contributed by atoms with E-state index < -0.39 is 10.0 Å². The van der Waals surface area contributed by atoms with Crippen LogP contribution in [-0.4, -0.2) is 8.42 Å². The Labute approximate surface area is 126 Å². The van der Waals surface area contributed by atoms with Crippen molar-refractivity contribution in [3.05, 3.63) is 59.7 Å².